The molecule has 1 aliphatic heterocycles. The third-order valence-electron chi connectivity index (χ3n) is 3.52. The fourth-order valence-corrected chi connectivity index (χ4v) is 4.19. The van der Waals surface area contributed by atoms with Crippen molar-refractivity contribution in [2.75, 3.05) is 25.4 Å². The van der Waals surface area contributed by atoms with Gasteiger partial charge in [0.05, 0.1) is 0 Å². The van der Waals surface area contributed by atoms with Crippen LogP contribution in [0.1, 0.15) is 39.2 Å². The van der Waals surface area contributed by atoms with Gasteiger partial charge < -0.3 is 4.90 Å². The Bertz CT molecular complexity index is 390. The molecule has 106 valence electrons. The summed E-state index contributed by atoms with van der Waals surface area (Å²) in [6.07, 6.45) is 0. The SMILES string of the molecule is CC(C)CN(CC(C)C)CC1CSc2ccccc21. The molecule has 0 spiro atoms. The zero-order valence-corrected chi connectivity index (χ0v) is 13.5. The molecule has 0 saturated heterocycles. The Morgan fingerprint density at radius 1 is 1.11 bits per heavy atom. The summed E-state index contributed by atoms with van der Waals surface area (Å²) in [5, 5.41) is 0. The summed E-state index contributed by atoms with van der Waals surface area (Å²) in [5.41, 5.74) is 1.57. The van der Waals surface area contributed by atoms with Gasteiger partial charge in [-0.25, -0.2) is 0 Å². The number of fused-ring (bicyclic) bond motifs is 1. The number of thioether (sulfide) groups is 1. The van der Waals surface area contributed by atoms with Gasteiger partial charge in [-0.05, 0) is 23.5 Å². The molecule has 0 aromatic heterocycles. The highest BCUT2D eigenvalue weighted by atomic mass is 32.2. The van der Waals surface area contributed by atoms with Crippen molar-refractivity contribution in [1.82, 2.24) is 4.90 Å². The van der Waals surface area contributed by atoms with Crippen LogP contribution in [0.4, 0.5) is 0 Å². The topological polar surface area (TPSA) is 3.24 Å². The van der Waals surface area contributed by atoms with Gasteiger partial charge in [0, 0.05) is 36.2 Å². The lowest BCUT2D eigenvalue weighted by Crippen LogP contribution is -2.35. The molecule has 2 heteroatoms. The standard InChI is InChI=1S/C17H27NS/c1-13(2)9-18(10-14(3)4)11-15-12-19-17-8-6-5-7-16(15)17/h5-8,13-15H,9-12H2,1-4H3. The zero-order valence-electron chi connectivity index (χ0n) is 12.7. The van der Waals surface area contributed by atoms with E-state index in [0.29, 0.717) is 0 Å². The maximum Gasteiger partial charge on any atom is 0.0108 e. The molecule has 1 aliphatic rings. The summed E-state index contributed by atoms with van der Waals surface area (Å²) in [4.78, 5) is 4.17. The smallest absolute Gasteiger partial charge is 0.0108 e. The molecular formula is C17H27NS. The van der Waals surface area contributed by atoms with Crippen molar-refractivity contribution in [2.24, 2.45) is 11.8 Å². The van der Waals surface area contributed by atoms with Crippen LogP contribution in [0.5, 0.6) is 0 Å². The van der Waals surface area contributed by atoms with E-state index in [1.807, 2.05) is 11.8 Å². The second-order valence-corrected chi connectivity index (χ2v) is 7.61. The largest absolute Gasteiger partial charge is 0.302 e. The van der Waals surface area contributed by atoms with Crippen molar-refractivity contribution in [3.8, 4) is 0 Å². The Balaban J connectivity index is 2.01. The molecule has 1 aromatic rings. The molecule has 0 bridgehead atoms. The van der Waals surface area contributed by atoms with Crippen LogP contribution >= 0.6 is 11.8 Å². The van der Waals surface area contributed by atoms with Crippen molar-refractivity contribution < 1.29 is 0 Å². The van der Waals surface area contributed by atoms with E-state index in [-0.39, 0.29) is 0 Å². The van der Waals surface area contributed by atoms with Crippen molar-refractivity contribution in [3.05, 3.63) is 29.8 Å². The van der Waals surface area contributed by atoms with Gasteiger partial charge in [0.25, 0.3) is 0 Å². The first kappa shape index (κ1) is 14.9. The van der Waals surface area contributed by atoms with E-state index in [1.54, 1.807) is 5.56 Å². The summed E-state index contributed by atoms with van der Waals surface area (Å²) in [5.74, 6) is 3.48. The van der Waals surface area contributed by atoms with Gasteiger partial charge in [0.1, 0.15) is 0 Å². The summed E-state index contributed by atoms with van der Waals surface area (Å²) in [6, 6.07) is 8.94. The van der Waals surface area contributed by atoms with Gasteiger partial charge in [-0.3, -0.25) is 0 Å². The first-order valence-electron chi connectivity index (χ1n) is 7.50. The maximum atomic E-state index is 2.67. The highest BCUT2D eigenvalue weighted by Gasteiger charge is 2.25. The first-order valence-corrected chi connectivity index (χ1v) is 8.49. The van der Waals surface area contributed by atoms with E-state index < -0.39 is 0 Å². The summed E-state index contributed by atoms with van der Waals surface area (Å²) >= 11 is 2.03. The summed E-state index contributed by atoms with van der Waals surface area (Å²) < 4.78 is 0. The second-order valence-electron chi connectivity index (χ2n) is 6.55. The van der Waals surface area contributed by atoms with Gasteiger partial charge in [-0.15, -0.1) is 11.8 Å². The molecule has 1 atom stereocenters. The molecule has 19 heavy (non-hydrogen) atoms. The van der Waals surface area contributed by atoms with E-state index in [4.69, 9.17) is 0 Å². The number of rotatable bonds is 6. The van der Waals surface area contributed by atoms with Crippen LogP contribution < -0.4 is 0 Å². The Hall–Kier alpha value is -0.470. The van der Waals surface area contributed by atoms with Gasteiger partial charge in [0.2, 0.25) is 0 Å². The van der Waals surface area contributed by atoms with Crippen molar-refractivity contribution in [2.45, 2.75) is 38.5 Å². The van der Waals surface area contributed by atoms with Crippen LogP contribution in [0.25, 0.3) is 0 Å². The van der Waals surface area contributed by atoms with E-state index in [2.05, 4.69) is 56.9 Å². The Morgan fingerprint density at radius 3 is 2.37 bits per heavy atom. The molecule has 1 nitrogen and oxygen atoms in total. The van der Waals surface area contributed by atoms with Crippen LogP contribution in [-0.2, 0) is 0 Å². The van der Waals surface area contributed by atoms with Gasteiger partial charge in [-0.1, -0.05) is 45.9 Å². The Kier molecular flexibility index (Phi) is 5.35. The van der Waals surface area contributed by atoms with Crippen LogP contribution in [0.3, 0.4) is 0 Å². The molecule has 0 saturated carbocycles. The predicted octanol–water partition coefficient (Wildman–Crippen LogP) is 4.49. The van der Waals surface area contributed by atoms with Crippen LogP contribution in [0, 0.1) is 11.8 Å². The van der Waals surface area contributed by atoms with Crippen molar-refractivity contribution >= 4 is 11.8 Å². The molecule has 1 unspecified atom stereocenters. The first-order chi connectivity index (χ1) is 9.06. The zero-order chi connectivity index (χ0) is 13.8. The monoisotopic (exact) mass is 277 g/mol. The van der Waals surface area contributed by atoms with Crippen LogP contribution in [0.2, 0.25) is 0 Å². The number of nitrogens with zero attached hydrogens (tertiary/aromatic N) is 1. The maximum absolute atomic E-state index is 2.67. The van der Waals surface area contributed by atoms with E-state index in [0.717, 1.165) is 17.8 Å². The highest BCUT2D eigenvalue weighted by molar-refractivity contribution is 7.99. The summed E-state index contributed by atoms with van der Waals surface area (Å²) in [6.45, 7) is 13.0. The molecule has 0 N–H and O–H groups in total. The van der Waals surface area contributed by atoms with Gasteiger partial charge >= 0.3 is 0 Å². The van der Waals surface area contributed by atoms with E-state index >= 15 is 0 Å². The van der Waals surface area contributed by atoms with Gasteiger partial charge in [0.15, 0.2) is 0 Å². The molecule has 0 radical (unpaired) electrons. The Morgan fingerprint density at radius 2 is 1.74 bits per heavy atom. The summed E-state index contributed by atoms with van der Waals surface area (Å²) in [7, 11) is 0. The number of hydrogen-bond acceptors (Lipinski definition) is 2. The lowest BCUT2D eigenvalue weighted by Gasteiger charge is -2.28. The highest BCUT2D eigenvalue weighted by Crippen LogP contribution is 2.39. The van der Waals surface area contributed by atoms with E-state index in [1.165, 1.54) is 30.3 Å². The fourth-order valence-electron chi connectivity index (χ4n) is 2.95. The lowest BCUT2D eigenvalue weighted by molar-refractivity contribution is 0.211. The number of hydrogen-bond donors (Lipinski definition) is 0. The quantitative estimate of drug-likeness (QED) is 0.753. The van der Waals surface area contributed by atoms with E-state index in [9.17, 15) is 0 Å². The fraction of sp³-hybridized carbons (Fsp3) is 0.647. The second kappa shape index (κ2) is 6.81. The van der Waals surface area contributed by atoms with Gasteiger partial charge in [-0.2, -0.15) is 0 Å². The Labute approximate surface area is 122 Å². The predicted molar refractivity (Wildman–Crippen MR) is 86.0 cm³/mol. The van der Waals surface area contributed by atoms with Crippen molar-refractivity contribution in [3.63, 3.8) is 0 Å². The minimum Gasteiger partial charge on any atom is -0.302 e. The molecule has 1 heterocycles. The van der Waals surface area contributed by atoms with Crippen molar-refractivity contribution in [1.29, 1.82) is 0 Å². The molecular weight excluding hydrogens is 250 g/mol. The minimum atomic E-state index is 0.721. The average Bonchev–Trinajstić information content (AvgIpc) is 2.71. The lowest BCUT2D eigenvalue weighted by atomic mass is 9.99. The molecule has 0 amide bonds. The molecule has 2 rings (SSSR count). The van der Waals surface area contributed by atoms with Crippen LogP contribution in [-0.4, -0.2) is 30.3 Å². The average molecular weight is 277 g/mol. The normalized spacial score (nSPS) is 18.6. The third kappa shape index (κ3) is 4.25. The minimum absolute atomic E-state index is 0.721. The van der Waals surface area contributed by atoms with Crippen LogP contribution in [0.15, 0.2) is 29.2 Å². The molecule has 1 aromatic carbocycles. The number of benzene rings is 1. The third-order valence-corrected chi connectivity index (χ3v) is 4.78. The molecule has 0 aliphatic carbocycles. The molecule has 0 fully saturated rings.